The number of ether oxygens (including phenoxy) is 2. The molecule has 1 saturated carbocycles. The number of hydrogen-bond donors (Lipinski definition) is 3. The van der Waals surface area contributed by atoms with Crippen LogP contribution in [0.25, 0.3) is 0 Å². The van der Waals surface area contributed by atoms with Crippen LogP contribution in [0.15, 0.2) is 48.5 Å². The lowest BCUT2D eigenvalue weighted by atomic mass is 9.75. The number of halogens is 5. The zero-order valence-corrected chi connectivity index (χ0v) is 30.2. The first-order valence-corrected chi connectivity index (χ1v) is 18.2. The van der Waals surface area contributed by atoms with Crippen LogP contribution in [0.2, 0.25) is 0 Å². The lowest BCUT2D eigenvalue weighted by molar-refractivity contribution is -0.278. The third kappa shape index (κ3) is 8.28. The third-order valence-corrected chi connectivity index (χ3v) is 10.7. The van der Waals surface area contributed by atoms with Gasteiger partial charge in [0.1, 0.15) is 5.56 Å². The summed E-state index contributed by atoms with van der Waals surface area (Å²) in [7, 11) is 0. The van der Waals surface area contributed by atoms with E-state index < -0.39 is 64.6 Å². The van der Waals surface area contributed by atoms with Gasteiger partial charge in [-0.3, -0.25) is 14.5 Å². The number of rotatable bonds is 8. The molecule has 2 amide bonds. The molecular weight excluding hydrogens is 697 g/mol. The van der Waals surface area contributed by atoms with E-state index in [0.29, 0.717) is 18.0 Å². The van der Waals surface area contributed by atoms with E-state index in [4.69, 9.17) is 9.47 Å². The maximum absolute atomic E-state index is 14.3. The standard InChI is InChI=1S/C40H46F5N3O5/c1-21-29(19-48-27-8-6-5-7-23(27)15-18-28(48)37(50)47-40(2,3)4)52-39(53-36(21)24-11-9-22(20-49)10-12-24)25-13-16-26(17-14-25)46-38(51)30-31(41)33(43)35(45)34(44)32(30)42/h9-14,16-17,21,23,27-29,36,39,49H,5-8,15,18-20H2,1-4H3,(H,46,51)(H,47,50)/t21-,23+,27+,28+,29+,36+,39+/m0/s1. The van der Waals surface area contributed by atoms with E-state index in [9.17, 15) is 36.6 Å². The van der Waals surface area contributed by atoms with Gasteiger partial charge in [-0.25, -0.2) is 22.0 Å². The van der Waals surface area contributed by atoms with Crippen LogP contribution in [0.3, 0.4) is 0 Å². The van der Waals surface area contributed by atoms with Crippen molar-refractivity contribution >= 4 is 17.5 Å². The lowest BCUT2D eigenvalue weighted by Crippen LogP contribution is -2.61. The number of hydrogen-bond acceptors (Lipinski definition) is 6. The number of carbonyl (C=O) groups is 2. The van der Waals surface area contributed by atoms with Crippen LogP contribution in [0.1, 0.15) is 106 Å². The fourth-order valence-corrected chi connectivity index (χ4v) is 7.98. The topological polar surface area (TPSA) is 100 Å². The van der Waals surface area contributed by atoms with E-state index in [2.05, 4.69) is 22.5 Å². The molecule has 0 radical (unpaired) electrons. The normalized spacial score (nSPS) is 26.5. The Kier molecular flexibility index (Phi) is 11.6. The van der Waals surface area contributed by atoms with Crippen molar-refractivity contribution in [2.24, 2.45) is 11.8 Å². The molecule has 3 aromatic carbocycles. The summed E-state index contributed by atoms with van der Waals surface area (Å²) in [5.74, 6) is -12.4. The van der Waals surface area contributed by atoms with Crippen molar-refractivity contribution in [3.05, 3.63) is 99.9 Å². The van der Waals surface area contributed by atoms with Crippen LogP contribution < -0.4 is 10.6 Å². The number of fused-ring (bicyclic) bond motifs is 1. The summed E-state index contributed by atoms with van der Waals surface area (Å²) < 4.78 is 83.0. The van der Waals surface area contributed by atoms with Crippen LogP contribution in [-0.2, 0) is 20.9 Å². The molecule has 7 atom stereocenters. The number of likely N-dealkylation sites (tertiary alicyclic amines) is 1. The Morgan fingerprint density at radius 3 is 2.04 bits per heavy atom. The average molecular weight is 744 g/mol. The molecule has 2 heterocycles. The first-order valence-electron chi connectivity index (χ1n) is 18.2. The fourth-order valence-electron chi connectivity index (χ4n) is 7.98. The number of carbonyl (C=O) groups excluding carboxylic acids is 2. The van der Waals surface area contributed by atoms with Crippen molar-refractivity contribution in [1.29, 1.82) is 0 Å². The summed E-state index contributed by atoms with van der Waals surface area (Å²) in [6.07, 6.45) is 4.35. The highest BCUT2D eigenvalue weighted by molar-refractivity contribution is 6.04. The van der Waals surface area contributed by atoms with E-state index in [1.54, 1.807) is 12.1 Å². The molecule has 2 aliphatic heterocycles. The summed E-state index contributed by atoms with van der Waals surface area (Å²) in [4.78, 5) is 28.8. The van der Waals surface area contributed by atoms with Crippen molar-refractivity contribution in [3.63, 3.8) is 0 Å². The van der Waals surface area contributed by atoms with Gasteiger partial charge in [0, 0.05) is 35.3 Å². The molecule has 13 heteroatoms. The molecule has 8 nitrogen and oxygen atoms in total. The molecule has 53 heavy (non-hydrogen) atoms. The van der Waals surface area contributed by atoms with E-state index >= 15 is 0 Å². The summed E-state index contributed by atoms with van der Waals surface area (Å²) in [5.41, 5.74) is 0.201. The highest BCUT2D eigenvalue weighted by atomic mass is 19.2. The van der Waals surface area contributed by atoms with Gasteiger partial charge in [-0.2, -0.15) is 0 Å². The van der Waals surface area contributed by atoms with Crippen molar-refractivity contribution in [2.75, 3.05) is 11.9 Å². The molecular formula is C40H46F5N3O5. The van der Waals surface area contributed by atoms with E-state index in [1.807, 2.05) is 45.0 Å². The van der Waals surface area contributed by atoms with E-state index in [1.165, 1.54) is 18.6 Å². The number of aliphatic hydroxyl groups excluding tert-OH is 1. The molecule has 0 spiro atoms. The van der Waals surface area contributed by atoms with Crippen molar-refractivity contribution in [3.8, 4) is 0 Å². The van der Waals surface area contributed by atoms with Gasteiger partial charge in [0.05, 0.1) is 24.9 Å². The van der Waals surface area contributed by atoms with Crippen LogP contribution in [-0.4, -0.2) is 52.1 Å². The number of nitrogens with one attached hydrogen (secondary N) is 2. The third-order valence-electron chi connectivity index (χ3n) is 10.7. The average Bonchev–Trinajstić information content (AvgIpc) is 3.13. The summed E-state index contributed by atoms with van der Waals surface area (Å²) in [5, 5.41) is 15.0. The number of piperidine rings is 1. The second-order valence-corrected chi connectivity index (χ2v) is 15.5. The number of amides is 2. The van der Waals surface area contributed by atoms with Gasteiger partial charge in [-0.05, 0) is 75.6 Å². The van der Waals surface area contributed by atoms with Crippen LogP contribution in [0, 0.1) is 40.9 Å². The molecule has 0 aromatic heterocycles. The second-order valence-electron chi connectivity index (χ2n) is 15.5. The van der Waals surface area contributed by atoms with Gasteiger partial charge >= 0.3 is 0 Å². The minimum absolute atomic E-state index is 0.00237. The summed E-state index contributed by atoms with van der Waals surface area (Å²) in [6, 6.07) is 13.4. The van der Waals surface area contributed by atoms with Crippen molar-refractivity contribution in [2.45, 2.75) is 109 Å². The van der Waals surface area contributed by atoms with Crippen LogP contribution >= 0.6 is 0 Å². The molecule has 3 N–H and O–H groups in total. The van der Waals surface area contributed by atoms with Gasteiger partial charge in [0.2, 0.25) is 11.7 Å². The second kappa shape index (κ2) is 15.8. The van der Waals surface area contributed by atoms with Crippen LogP contribution in [0.4, 0.5) is 27.6 Å². The molecule has 3 aliphatic rings. The summed E-state index contributed by atoms with van der Waals surface area (Å²) in [6.45, 7) is 8.33. The van der Waals surface area contributed by atoms with Crippen molar-refractivity contribution < 1.29 is 46.1 Å². The zero-order chi connectivity index (χ0) is 38.2. The molecule has 3 fully saturated rings. The Hall–Kier alpha value is -3.91. The number of anilines is 1. The number of aliphatic hydroxyl groups is 1. The van der Waals surface area contributed by atoms with E-state index in [-0.39, 0.29) is 36.2 Å². The van der Waals surface area contributed by atoms with Gasteiger partial charge in [0.25, 0.3) is 5.91 Å². The quantitative estimate of drug-likeness (QED) is 0.124. The first-order chi connectivity index (χ1) is 25.2. The van der Waals surface area contributed by atoms with Gasteiger partial charge < -0.3 is 25.2 Å². The Bertz CT molecular complexity index is 1770. The molecule has 286 valence electrons. The molecule has 1 aliphatic carbocycles. The Morgan fingerprint density at radius 2 is 1.42 bits per heavy atom. The van der Waals surface area contributed by atoms with Crippen molar-refractivity contribution in [1.82, 2.24) is 10.2 Å². The Balaban J connectivity index is 1.28. The van der Waals surface area contributed by atoms with E-state index in [0.717, 1.165) is 43.2 Å². The lowest BCUT2D eigenvalue weighted by Gasteiger charge is -2.51. The largest absolute Gasteiger partial charge is 0.392 e. The predicted molar refractivity (Wildman–Crippen MR) is 187 cm³/mol. The van der Waals surface area contributed by atoms with Gasteiger partial charge in [-0.1, -0.05) is 56.2 Å². The maximum atomic E-state index is 14.3. The minimum atomic E-state index is -2.36. The Morgan fingerprint density at radius 1 is 0.811 bits per heavy atom. The number of benzene rings is 3. The molecule has 6 rings (SSSR count). The molecule has 3 aromatic rings. The van der Waals surface area contributed by atoms with Gasteiger partial charge in [-0.15, -0.1) is 0 Å². The monoisotopic (exact) mass is 743 g/mol. The fraction of sp³-hybridized carbons (Fsp3) is 0.500. The Labute approximate surface area is 306 Å². The maximum Gasteiger partial charge on any atom is 0.261 e. The van der Waals surface area contributed by atoms with Crippen LogP contribution in [0.5, 0.6) is 0 Å². The molecule has 0 unspecified atom stereocenters. The highest BCUT2D eigenvalue weighted by Crippen LogP contribution is 2.44. The molecule has 2 saturated heterocycles. The zero-order valence-electron chi connectivity index (χ0n) is 30.2. The first kappa shape index (κ1) is 38.8. The smallest absolute Gasteiger partial charge is 0.261 e. The minimum Gasteiger partial charge on any atom is -0.392 e. The molecule has 0 bridgehead atoms. The SMILES string of the molecule is C[C@H]1[C@@H](CN2[C@@H](C(=O)NC(C)(C)C)CC[C@H]3CCCC[C@H]32)O[C@@H](c2ccc(NC(=O)c3c(F)c(F)c(F)c(F)c3F)cc2)O[C@H]1c1ccc(CO)cc1. The summed E-state index contributed by atoms with van der Waals surface area (Å²) >= 11 is 0. The predicted octanol–water partition coefficient (Wildman–Crippen LogP) is 7.86. The van der Waals surface area contributed by atoms with Gasteiger partial charge in [0.15, 0.2) is 29.6 Å². The number of nitrogens with zero attached hydrogens (tertiary/aromatic N) is 1. The highest BCUT2D eigenvalue weighted by Gasteiger charge is 2.46.